The Kier molecular flexibility index (Phi) is 6.32. The summed E-state index contributed by atoms with van der Waals surface area (Å²) in [5, 5.41) is 0. The van der Waals surface area contributed by atoms with Gasteiger partial charge in [0, 0.05) is 3.57 Å². The maximum absolute atomic E-state index is 12.5. The average molecular weight is 509 g/mol. The van der Waals surface area contributed by atoms with Crippen LogP contribution in [0.15, 0.2) is 124 Å². The molecule has 0 heterocycles. The van der Waals surface area contributed by atoms with Gasteiger partial charge in [0.2, 0.25) is 0 Å². The molecule has 0 N–H and O–H groups in total. The van der Waals surface area contributed by atoms with E-state index < -0.39 is 0 Å². The molecular formula is C25H18IO2S+. The lowest BCUT2D eigenvalue weighted by molar-refractivity contribution is 0.0733. The Labute approximate surface area is 187 Å². The minimum Gasteiger partial charge on any atom is -0.423 e. The van der Waals surface area contributed by atoms with E-state index in [1.807, 2.05) is 54.6 Å². The van der Waals surface area contributed by atoms with Crippen LogP contribution >= 0.6 is 22.6 Å². The Balaban J connectivity index is 1.61. The van der Waals surface area contributed by atoms with Crippen molar-refractivity contribution >= 4 is 39.5 Å². The summed E-state index contributed by atoms with van der Waals surface area (Å²) < 4.78 is 6.46. The topological polar surface area (TPSA) is 26.3 Å². The van der Waals surface area contributed by atoms with E-state index in [1.165, 1.54) is 14.7 Å². The highest BCUT2D eigenvalue weighted by Gasteiger charge is 2.28. The molecule has 0 spiro atoms. The largest absolute Gasteiger partial charge is 0.423 e. The van der Waals surface area contributed by atoms with Crippen LogP contribution in [0.2, 0.25) is 0 Å². The van der Waals surface area contributed by atoms with Crippen molar-refractivity contribution in [3.05, 3.63) is 118 Å². The molecular weight excluding hydrogens is 491 g/mol. The Morgan fingerprint density at radius 3 is 1.66 bits per heavy atom. The third kappa shape index (κ3) is 4.71. The van der Waals surface area contributed by atoms with Crippen LogP contribution in [0.4, 0.5) is 0 Å². The second-order valence-corrected chi connectivity index (χ2v) is 9.46. The zero-order chi connectivity index (χ0) is 20.1. The third-order valence-electron chi connectivity index (χ3n) is 4.32. The van der Waals surface area contributed by atoms with Gasteiger partial charge in [-0.05, 0) is 83.3 Å². The number of carbonyl (C=O) groups is 1. The van der Waals surface area contributed by atoms with Gasteiger partial charge in [0.15, 0.2) is 14.7 Å². The molecule has 4 rings (SSSR count). The zero-order valence-electron chi connectivity index (χ0n) is 15.5. The molecule has 0 radical (unpaired) electrons. The van der Waals surface area contributed by atoms with Gasteiger partial charge in [-0.15, -0.1) is 0 Å². The summed E-state index contributed by atoms with van der Waals surface area (Å²) in [7, 11) is -0.217. The number of benzene rings is 4. The Morgan fingerprint density at radius 1 is 0.621 bits per heavy atom. The molecule has 4 heteroatoms. The van der Waals surface area contributed by atoms with Crippen molar-refractivity contribution in [3.63, 3.8) is 0 Å². The Morgan fingerprint density at radius 2 is 1.10 bits per heavy atom. The standard InChI is InChI=1S/C25H18IO2S/c26-24-14-8-7-13-23(24)25(27)28-19-15-17-22(18-16-19)29(20-9-3-1-4-10-20)21-11-5-2-6-12-21/h1-18H/q+1. The van der Waals surface area contributed by atoms with Gasteiger partial charge in [-0.3, -0.25) is 0 Å². The molecule has 4 aromatic carbocycles. The third-order valence-corrected chi connectivity index (χ3v) is 7.49. The SMILES string of the molecule is O=C(Oc1ccc([S+](c2ccccc2)c2ccccc2)cc1)c1ccccc1I. The van der Waals surface area contributed by atoms with E-state index in [0.717, 1.165) is 3.57 Å². The summed E-state index contributed by atoms with van der Waals surface area (Å²) in [4.78, 5) is 16.2. The van der Waals surface area contributed by atoms with Crippen LogP contribution in [0.25, 0.3) is 0 Å². The fourth-order valence-corrected chi connectivity index (χ4v) is 5.64. The van der Waals surface area contributed by atoms with Gasteiger partial charge in [-0.2, -0.15) is 0 Å². The predicted octanol–water partition coefficient (Wildman–Crippen LogP) is 6.61. The molecule has 0 amide bonds. The quantitative estimate of drug-likeness (QED) is 0.131. The van der Waals surface area contributed by atoms with Gasteiger partial charge in [0.05, 0.1) is 16.5 Å². The number of rotatable bonds is 5. The van der Waals surface area contributed by atoms with E-state index >= 15 is 0 Å². The number of halogens is 1. The van der Waals surface area contributed by atoms with Crippen molar-refractivity contribution in [1.82, 2.24) is 0 Å². The first-order valence-corrected chi connectivity index (χ1v) is 11.4. The summed E-state index contributed by atoms with van der Waals surface area (Å²) in [6.45, 7) is 0. The molecule has 2 nitrogen and oxygen atoms in total. The fourth-order valence-electron chi connectivity index (χ4n) is 2.95. The molecule has 0 bridgehead atoms. The van der Waals surface area contributed by atoms with Gasteiger partial charge >= 0.3 is 5.97 Å². The lowest BCUT2D eigenvalue weighted by atomic mass is 10.2. The zero-order valence-corrected chi connectivity index (χ0v) is 18.5. The highest BCUT2D eigenvalue weighted by Crippen LogP contribution is 2.32. The molecule has 0 aliphatic carbocycles. The minimum absolute atomic E-state index is 0.217. The van der Waals surface area contributed by atoms with Gasteiger partial charge in [-0.1, -0.05) is 48.5 Å². The summed E-state index contributed by atoms with van der Waals surface area (Å²) in [6, 6.07) is 36.2. The normalized spacial score (nSPS) is 10.7. The van der Waals surface area contributed by atoms with E-state index in [-0.39, 0.29) is 16.9 Å². The van der Waals surface area contributed by atoms with Crippen molar-refractivity contribution in [2.24, 2.45) is 0 Å². The summed E-state index contributed by atoms with van der Waals surface area (Å²) in [5.74, 6) is 0.205. The number of hydrogen-bond donors (Lipinski definition) is 0. The molecule has 0 unspecified atom stereocenters. The van der Waals surface area contributed by atoms with Crippen molar-refractivity contribution < 1.29 is 9.53 Å². The molecule has 0 atom stereocenters. The molecule has 29 heavy (non-hydrogen) atoms. The molecule has 0 aliphatic heterocycles. The Bertz CT molecular complexity index is 1060. The van der Waals surface area contributed by atoms with Crippen LogP contribution in [0.1, 0.15) is 10.4 Å². The van der Waals surface area contributed by atoms with E-state index in [4.69, 9.17) is 4.74 Å². The summed E-state index contributed by atoms with van der Waals surface area (Å²) >= 11 is 2.15. The lowest BCUT2D eigenvalue weighted by Crippen LogP contribution is -2.10. The first-order valence-electron chi connectivity index (χ1n) is 9.13. The van der Waals surface area contributed by atoms with E-state index in [2.05, 4.69) is 71.1 Å². The summed E-state index contributed by atoms with van der Waals surface area (Å²) in [5.41, 5.74) is 0.575. The van der Waals surface area contributed by atoms with Gasteiger partial charge in [-0.25, -0.2) is 4.79 Å². The number of ether oxygens (including phenoxy) is 1. The molecule has 142 valence electrons. The second-order valence-electron chi connectivity index (χ2n) is 6.27. The Hall–Kier alpha value is -2.57. The van der Waals surface area contributed by atoms with E-state index in [1.54, 1.807) is 6.07 Å². The van der Waals surface area contributed by atoms with Crippen LogP contribution in [-0.2, 0) is 10.9 Å². The molecule has 0 saturated carbocycles. The maximum atomic E-state index is 12.5. The molecule has 0 fully saturated rings. The first-order chi connectivity index (χ1) is 14.2. The minimum atomic E-state index is -0.340. The van der Waals surface area contributed by atoms with Crippen molar-refractivity contribution in [3.8, 4) is 5.75 Å². The molecule has 0 aliphatic rings. The van der Waals surface area contributed by atoms with Crippen LogP contribution in [0.3, 0.4) is 0 Å². The highest BCUT2D eigenvalue weighted by atomic mass is 127. The van der Waals surface area contributed by atoms with E-state index in [9.17, 15) is 4.79 Å². The van der Waals surface area contributed by atoms with Gasteiger partial charge in [0.25, 0.3) is 0 Å². The van der Waals surface area contributed by atoms with E-state index in [0.29, 0.717) is 11.3 Å². The van der Waals surface area contributed by atoms with Crippen molar-refractivity contribution in [1.29, 1.82) is 0 Å². The highest BCUT2D eigenvalue weighted by molar-refractivity contribution is 14.1. The van der Waals surface area contributed by atoms with Crippen LogP contribution in [0.5, 0.6) is 5.75 Å². The fraction of sp³-hybridized carbons (Fsp3) is 0. The molecule has 0 aromatic heterocycles. The van der Waals surface area contributed by atoms with Crippen LogP contribution in [0, 0.1) is 3.57 Å². The van der Waals surface area contributed by atoms with Crippen molar-refractivity contribution in [2.45, 2.75) is 14.7 Å². The van der Waals surface area contributed by atoms with Crippen LogP contribution < -0.4 is 4.74 Å². The lowest BCUT2D eigenvalue weighted by Gasteiger charge is -2.09. The van der Waals surface area contributed by atoms with Gasteiger partial charge < -0.3 is 4.74 Å². The smallest absolute Gasteiger partial charge is 0.344 e. The monoisotopic (exact) mass is 509 g/mol. The second kappa shape index (κ2) is 9.29. The predicted molar refractivity (Wildman–Crippen MR) is 126 cm³/mol. The molecule has 0 saturated heterocycles. The maximum Gasteiger partial charge on any atom is 0.344 e. The number of esters is 1. The first kappa shape index (κ1) is 19.7. The molecule has 4 aromatic rings. The van der Waals surface area contributed by atoms with Gasteiger partial charge in [0.1, 0.15) is 5.75 Å². The summed E-state index contributed by atoms with van der Waals surface area (Å²) in [6.07, 6.45) is 0. The average Bonchev–Trinajstić information content (AvgIpc) is 2.77. The van der Waals surface area contributed by atoms with Crippen LogP contribution in [-0.4, -0.2) is 5.97 Å². The number of carbonyl (C=O) groups excluding carboxylic acids is 1. The van der Waals surface area contributed by atoms with Crippen molar-refractivity contribution in [2.75, 3.05) is 0 Å². The number of hydrogen-bond acceptors (Lipinski definition) is 2.